The van der Waals surface area contributed by atoms with E-state index in [1.165, 1.54) is 6.20 Å². The quantitative estimate of drug-likeness (QED) is 0.686. The molecule has 0 aliphatic heterocycles. The lowest BCUT2D eigenvalue weighted by Crippen LogP contribution is -2.01. The van der Waals surface area contributed by atoms with Crippen molar-refractivity contribution >= 4 is 11.0 Å². The molecule has 0 N–H and O–H groups in total. The first-order valence-corrected chi connectivity index (χ1v) is 4.71. The van der Waals surface area contributed by atoms with Gasteiger partial charge in [-0.15, -0.1) is 0 Å². The van der Waals surface area contributed by atoms with Gasteiger partial charge in [-0.25, -0.2) is 9.97 Å². The van der Waals surface area contributed by atoms with Crippen LogP contribution in [0, 0.1) is 5.95 Å². The minimum atomic E-state index is -0.496. The summed E-state index contributed by atoms with van der Waals surface area (Å²) in [6, 6.07) is 2.12. The van der Waals surface area contributed by atoms with Crippen LogP contribution in [0.15, 0.2) is 18.6 Å². The van der Waals surface area contributed by atoms with Crippen molar-refractivity contribution in [1.29, 1.82) is 0 Å². The number of pyridine rings is 1. The van der Waals surface area contributed by atoms with Crippen molar-refractivity contribution in [3.8, 4) is 0 Å². The van der Waals surface area contributed by atoms with Crippen LogP contribution < -0.4 is 0 Å². The summed E-state index contributed by atoms with van der Waals surface area (Å²) in [5.41, 5.74) is 1.17. The Morgan fingerprint density at radius 1 is 1.50 bits per heavy atom. The van der Waals surface area contributed by atoms with Gasteiger partial charge < -0.3 is 4.57 Å². The molecule has 0 aromatic carbocycles. The number of hydrogen-bond donors (Lipinski definition) is 0. The molecule has 74 valence electrons. The van der Waals surface area contributed by atoms with Crippen LogP contribution in [0.1, 0.15) is 26.3 Å². The molecule has 0 saturated heterocycles. The van der Waals surface area contributed by atoms with Crippen LogP contribution in [-0.2, 0) is 0 Å². The van der Waals surface area contributed by atoms with E-state index < -0.39 is 5.95 Å². The van der Waals surface area contributed by atoms with Crippen LogP contribution in [0.25, 0.3) is 11.0 Å². The summed E-state index contributed by atoms with van der Waals surface area (Å²) in [6.07, 6.45) is 4.14. The number of hydrogen-bond acceptors (Lipinski definition) is 2. The second kappa shape index (κ2) is 3.36. The van der Waals surface area contributed by atoms with E-state index in [1.807, 2.05) is 4.57 Å². The van der Waals surface area contributed by atoms with Crippen LogP contribution in [-0.4, -0.2) is 14.5 Å². The fraction of sp³-hybridized carbons (Fsp3) is 0.400. The zero-order chi connectivity index (χ0) is 10.1. The summed E-state index contributed by atoms with van der Waals surface area (Å²) in [7, 11) is 0. The predicted octanol–water partition coefficient (Wildman–Crippen LogP) is 2.54. The lowest BCUT2D eigenvalue weighted by atomic mass is 10.2. The van der Waals surface area contributed by atoms with Gasteiger partial charge in [0.1, 0.15) is 5.52 Å². The highest BCUT2D eigenvalue weighted by atomic mass is 19.1. The third-order valence-electron chi connectivity index (χ3n) is 2.51. The molecule has 0 bridgehead atoms. The van der Waals surface area contributed by atoms with Crippen molar-refractivity contribution in [2.24, 2.45) is 0 Å². The highest BCUT2D eigenvalue weighted by Crippen LogP contribution is 2.19. The molecule has 1 atom stereocenters. The fourth-order valence-electron chi connectivity index (χ4n) is 1.48. The summed E-state index contributed by atoms with van der Waals surface area (Å²) in [5, 5.41) is 0. The maximum absolute atomic E-state index is 13.2. The van der Waals surface area contributed by atoms with Gasteiger partial charge in [0, 0.05) is 12.2 Å². The monoisotopic (exact) mass is 193 g/mol. The molecule has 2 aromatic rings. The molecule has 14 heavy (non-hydrogen) atoms. The van der Waals surface area contributed by atoms with Crippen molar-refractivity contribution in [1.82, 2.24) is 14.5 Å². The first-order valence-electron chi connectivity index (χ1n) is 4.71. The standard InChI is InChI=1S/C10H12FN3/c1-3-7(2)14-6-13-9-8(14)4-5-12-10(9)11/h4-7H,3H2,1-2H3/t7-/m0/s1. The minimum absolute atomic E-state index is 0.335. The molecular weight excluding hydrogens is 181 g/mol. The van der Waals surface area contributed by atoms with E-state index >= 15 is 0 Å². The zero-order valence-electron chi connectivity index (χ0n) is 8.24. The van der Waals surface area contributed by atoms with Crippen LogP contribution in [0.5, 0.6) is 0 Å². The topological polar surface area (TPSA) is 30.7 Å². The smallest absolute Gasteiger partial charge is 0.240 e. The van der Waals surface area contributed by atoms with Crippen molar-refractivity contribution in [2.75, 3.05) is 0 Å². The summed E-state index contributed by atoms with van der Waals surface area (Å²) < 4.78 is 15.2. The normalized spacial score (nSPS) is 13.4. The van der Waals surface area contributed by atoms with Crippen molar-refractivity contribution in [2.45, 2.75) is 26.3 Å². The highest BCUT2D eigenvalue weighted by Gasteiger charge is 2.10. The maximum Gasteiger partial charge on any atom is 0.240 e. The average Bonchev–Trinajstić information content (AvgIpc) is 2.62. The summed E-state index contributed by atoms with van der Waals surface area (Å²) in [5.74, 6) is -0.496. The number of nitrogens with zero attached hydrogens (tertiary/aromatic N) is 3. The van der Waals surface area contributed by atoms with Gasteiger partial charge in [0.05, 0.1) is 11.8 Å². The van der Waals surface area contributed by atoms with Crippen LogP contribution >= 0.6 is 0 Å². The molecule has 2 aromatic heterocycles. The Kier molecular flexibility index (Phi) is 2.19. The van der Waals surface area contributed by atoms with Crippen molar-refractivity contribution in [3.63, 3.8) is 0 Å². The third-order valence-corrected chi connectivity index (χ3v) is 2.51. The van der Waals surface area contributed by atoms with Gasteiger partial charge in [-0.1, -0.05) is 6.92 Å². The highest BCUT2D eigenvalue weighted by molar-refractivity contribution is 5.74. The Labute approximate surface area is 81.6 Å². The Bertz CT molecular complexity index is 450. The van der Waals surface area contributed by atoms with E-state index in [2.05, 4.69) is 23.8 Å². The molecule has 0 aliphatic carbocycles. The minimum Gasteiger partial charge on any atom is -0.328 e. The second-order valence-electron chi connectivity index (χ2n) is 3.38. The Balaban J connectivity index is 2.63. The summed E-state index contributed by atoms with van der Waals surface area (Å²) in [6.45, 7) is 4.17. The molecule has 0 aliphatic rings. The lowest BCUT2D eigenvalue weighted by Gasteiger charge is -2.10. The maximum atomic E-state index is 13.2. The summed E-state index contributed by atoms with van der Waals surface area (Å²) >= 11 is 0. The molecular formula is C10H12FN3. The Morgan fingerprint density at radius 3 is 3.00 bits per heavy atom. The molecule has 0 spiro atoms. The van der Waals surface area contributed by atoms with Gasteiger partial charge in [-0.2, -0.15) is 4.39 Å². The molecule has 0 radical (unpaired) electrons. The first kappa shape index (κ1) is 9.12. The molecule has 2 heterocycles. The first-order chi connectivity index (χ1) is 6.74. The van der Waals surface area contributed by atoms with Gasteiger partial charge in [-0.3, -0.25) is 0 Å². The number of fused-ring (bicyclic) bond motifs is 1. The van der Waals surface area contributed by atoms with Gasteiger partial charge >= 0.3 is 0 Å². The van der Waals surface area contributed by atoms with E-state index in [4.69, 9.17) is 0 Å². The summed E-state index contributed by atoms with van der Waals surface area (Å²) in [4.78, 5) is 7.58. The molecule has 0 unspecified atom stereocenters. The van der Waals surface area contributed by atoms with E-state index in [-0.39, 0.29) is 0 Å². The molecule has 2 rings (SSSR count). The van der Waals surface area contributed by atoms with Crippen molar-refractivity contribution in [3.05, 3.63) is 24.5 Å². The average molecular weight is 193 g/mol. The van der Waals surface area contributed by atoms with Crippen LogP contribution in [0.4, 0.5) is 4.39 Å². The largest absolute Gasteiger partial charge is 0.328 e. The molecule has 0 saturated carbocycles. The third kappa shape index (κ3) is 1.27. The van der Waals surface area contributed by atoms with Crippen LogP contribution in [0.2, 0.25) is 0 Å². The van der Waals surface area contributed by atoms with Gasteiger partial charge in [-0.05, 0) is 19.4 Å². The predicted molar refractivity (Wildman–Crippen MR) is 52.5 cm³/mol. The Hall–Kier alpha value is -1.45. The molecule has 0 fully saturated rings. The van der Waals surface area contributed by atoms with E-state index in [1.54, 1.807) is 12.4 Å². The van der Waals surface area contributed by atoms with Crippen molar-refractivity contribution < 1.29 is 4.39 Å². The number of aromatic nitrogens is 3. The lowest BCUT2D eigenvalue weighted by molar-refractivity contribution is 0.544. The SMILES string of the molecule is CC[C@H](C)n1cnc2c(F)nccc21. The number of halogens is 1. The molecule has 4 heteroatoms. The Morgan fingerprint density at radius 2 is 2.29 bits per heavy atom. The van der Waals surface area contributed by atoms with Gasteiger partial charge in [0.25, 0.3) is 0 Å². The van der Waals surface area contributed by atoms with E-state index in [0.717, 1.165) is 11.9 Å². The molecule has 3 nitrogen and oxygen atoms in total. The zero-order valence-corrected chi connectivity index (χ0v) is 8.24. The number of imidazole rings is 1. The van der Waals surface area contributed by atoms with E-state index in [9.17, 15) is 4.39 Å². The van der Waals surface area contributed by atoms with Crippen LogP contribution in [0.3, 0.4) is 0 Å². The number of rotatable bonds is 2. The van der Waals surface area contributed by atoms with E-state index in [0.29, 0.717) is 11.6 Å². The van der Waals surface area contributed by atoms with Gasteiger partial charge in [0.2, 0.25) is 5.95 Å². The van der Waals surface area contributed by atoms with Gasteiger partial charge in [0.15, 0.2) is 0 Å². The molecule has 0 amide bonds. The second-order valence-corrected chi connectivity index (χ2v) is 3.38. The fourth-order valence-corrected chi connectivity index (χ4v) is 1.48.